The highest BCUT2D eigenvalue weighted by Crippen LogP contribution is 2.31. The average Bonchev–Trinajstić information content (AvgIpc) is 2.45. The van der Waals surface area contributed by atoms with Gasteiger partial charge in [-0.1, -0.05) is 32.0 Å². The van der Waals surface area contributed by atoms with Gasteiger partial charge in [0.2, 0.25) is 5.91 Å². The molecule has 21 heavy (non-hydrogen) atoms. The number of anilines is 1. The Balaban J connectivity index is 2.12. The molecule has 5 heteroatoms. The van der Waals surface area contributed by atoms with Crippen LogP contribution in [0.25, 0.3) is 0 Å². The highest BCUT2D eigenvalue weighted by Gasteiger charge is 2.29. The summed E-state index contributed by atoms with van der Waals surface area (Å²) in [7, 11) is 0. The molecule has 0 radical (unpaired) electrons. The quantitative estimate of drug-likeness (QED) is 0.777. The molecular formula is C16H22N2O3. The van der Waals surface area contributed by atoms with Crippen molar-refractivity contribution in [2.24, 2.45) is 5.92 Å². The number of aliphatic carboxylic acids is 1. The summed E-state index contributed by atoms with van der Waals surface area (Å²) in [6, 6.07) is 6.86. The number of rotatable bonds is 5. The van der Waals surface area contributed by atoms with Gasteiger partial charge in [0.15, 0.2) is 0 Å². The molecule has 0 aliphatic carbocycles. The van der Waals surface area contributed by atoms with Gasteiger partial charge in [0.1, 0.15) is 6.04 Å². The van der Waals surface area contributed by atoms with E-state index >= 15 is 0 Å². The molecule has 3 N–H and O–H groups in total. The first kappa shape index (κ1) is 15.4. The molecule has 0 saturated heterocycles. The number of hydrogen-bond donors (Lipinski definition) is 3. The van der Waals surface area contributed by atoms with Crippen LogP contribution in [-0.4, -0.2) is 29.6 Å². The van der Waals surface area contributed by atoms with Crippen molar-refractivity contribution in [1.29, 1.82) is 0 Å². The van der Waals surface area contributed by atoms with E-state index in [0.29, 0.717) is 12.8 Å². The van der Waals surface area contributed by atoms with Crippen LogP contribution in [0, 0.1) is 5.92 Å². The largest absolute Gasteiger partial charge is 0.480 e. The third kappa shape index (κ3) is 3.74. The molecule has 0 aromatic heterocycles. The van der Waals surface area contributed by atoms with Gasteiger partial charge < -0.3 is 15.7 Å². The number of carboxylic acids is 1. The molecule has 0 bridgehead atoms. The van der Waals surface area contributed by atoms with E-state index in [2.05, 4.69) is 10.6 Å². The van der Waals surface area contributed by atoms with Crippen LogP contribution in [0.4, 0.5) is 5.69 Å². The number of benzene rings is 1. The van der Waals surface area contributed by atoms with Crippen molar-refractivity contribution < 1.29 is 14.7 Å². The van der Waals surface area contributed by atoms with Crippen molar-refractivity contribution in [3.8, 4) is 0 Å². The summed E-state index contributed by atoms with van der Waals surface area (Å²) >= 11 is 0. The summed E-state index contributed by atoms with van der Waals surface area (Å²) in [5.41, 5.74) is 1.90. The van der Waals surface area contributed by atoms with Crippen LogP contribution in [0.15, 0.2) is 24.3 Å². The number of carboxylic acid groups (broad SMARTS) is 1. The van der Waals surface area contributed by atoms with E-state index < -0.39 is 12.0 Å². The maximum Gasteiger partial charge on any atom is 0.326 e. The Kier molecular flexibility index (Phi) is 4.83. The molecule has 5 nitrogen and oxygen atoms in total. The zero-order chi connectivity index (χ0) is 15.4. The summed E-state index contributed by atoms with van der Waals surface area (Å²) in [4.78, 5) is 23.7. The fourth-order valence-corrected chi connectivity index (χ4v) is 2.71. The van der Waals surface area contributed by atoms with Gasteiger partial charge in [-0.05, 0) is 30.4 Å². The predicted molar refractivity (Wildman–Crippen MR) is 81.3 cm³/mol. The molecule has 2 atom stereocenters. The minimum atomic E-state index is -0.973. The number of para-hydroxylation sites is 1. The Hall–Kier alpha value is -2.04. The molecule has 2 rings (SSSR count). The van der Waals surface area contributed by atoms with Crippen LogP contribution in [0.3, 0.4) is 0 Å². The van der Waals surface area contributed by atoms with Gasteiger partial charge in [0.25, 0.3) is 0 Å². The van der Waals surface area contributed by atoms with E-state index in [1.807, 2.05) is 38.1 Å². The fraction of sp³-hybridized carbons (Fsp3) is 0.500. The van der Waals surface area contributed by atoms with Gasteiger partial charge in [-0.2, -0.15) is 0 Å². The molecule has 0 saturated carbocycles. The third-order valence-electron chi connectivity index (χ3n) is 3.72. The van der Waals surface area contributed by atoms with Gasteiger partial charge in [0.05, 0.1) is 5.92 Å². The smallest absolute Gasteiger partial charge is 0.326 e. The Morgan fingerprint density at radius 1 is 1.38 bits per heavy atom. The summed E-state index contributed by atoms with van der Waals surface area (Å²) in [5.74, 6) is -1.24. The van der Waals surface area contributed by atoms with E-state index in [-0.39, 0.29) is 17.7 Å². The minimum absolute atomic E-state index is 0.197. The fourth-order valence-electron chi connectivity index (χ4n) is 2.71. The molecule has 1 unspecified atom stereocenters. The number of nitrogens with one attached hydrogen (secondary N) is 2. The van der Waals surface area contributed by atoms with Crippen LogP contribution < -0.4 is 10.6 Å². The monoisotopic (exact) mass is 290 g/mol. The summed E-state index contributed by atoms with van der Waals surface area (Å²) in [6.45, 7) is 4.61. The Morgan fingerprint density at radius 2 is 2.10 bits per heavy atom. The van der Waals surface area contributed by atoms with Crippen molar-refractivity contribution in [2.45, 2.75) is 38.6 Å². The second-order valence-corrected chi connectivity index (χ2v) is 5.88. The number of fused-ring (bicyclic) bond motifs is 1. The first-order valence-electron chi connectivity index (χ1n) is 7.35. The predicted octanol–water partition coefficient (Wildman–Crippen LogP) is 2.20. The molecule has 1 aromatic rings. The van der Waals surface area contributed by atoms with Crippen LogP contribution in [0.5, 0.6) is 0 Å². The van der Waals surface area contributed by atoms with Gasteiger partial charge in [-0.3, -0.25) is 4.79 Å². The molecule has 1 aliphatic rings. The zero-order valence-electron chi connectivity index (χ0n) is 12.4. The summed E-state index contributed by atoms with van der Waals surface area (Å²) < 4.78 is 0. The lowest BCUT2D eigenvalue weighted by molar-refractivity contribution is -0.142. The first-order chi connectivity index (χ1) is 9.99. The van der Waals surface area contributed by atoms with E-state index in [1.165, 1.54) is 0 Å². The number of hydrogen-bond acceptors (Lipinski definition) is 3. The second-order valence-electron chi connectivity index (χ2n) is 5.88. The Labute approximate surface area is 124 Å². The van der Waals surface area contributed by atoms with Crippen molar-refractivity contribution in [1.82, 2.24) is 5.32 Å². The highest BCUT2D eigenvalue weighted by molar-refractivity contribution is 5.89. The molecule has 0 fully saturated rings. The molecule has 1 aliphatic heterocycles. The van der Waals surface area contributed by atoms with E-state index in [0.717, 1.165) is 17.8 Å². The Bertz CT molecular complexity index is 528. The third-order valence-corrected chi connectivity index (χ3v) is 3.72. The summed E-state index contributed by atoms with van der Waals surface area (Å²) in [5, 5.41) is 15.2. The van der Waals surface area contributed by atoms with Crippen LogP contribution in [0.2, 0.25) is 0 Å². The first-order valence-corrected chi connectivity index (χ1v) is 7.35. The number of amides is 1. The molecular weight excluding hydrogens is 268 g/mol. The Morgan fingerprint density at radius 3 is 2.76 bits per heavy atom. The van der Waals surface area contributed by atoms with Crippen molar-refractivity contribution in [3.05, 3.63) is 29.8 Å². The topological polar surface area (TPSA) is 78.4 Å². The zero-order valence-corrected chi connectivity index (χ0v) is 12.4. The van der Waals surface area contributed by atoms with Crippen molar-refractivity contribution in [2.75, 3.05) is 11.9 Å². The average molecular weight is 290 g/mol. The van der Waals surface area contributed by atoms with Gasteiger partial charge >= 0.3 is 5.97 Å². The maximum atomic E-state index is 12.5. The highest BCUT2D eigenvalue weighted by atomic mass is 16.4. The number of carbonyl (C=O) groups excluding carboxylic acids is 1. The maximum absolute atomic E-state index is 12.5. The van der Waals surface area contributed by atoms with E-state index in [1.54, 1.807) is 0 Å². The normalized spacial score (nSPS) is 18.5. The van der Waals surface area contributed by atoms with Crippen molar-refractivity contribution >= 4 is 17.6 Å². The molecule has 1 amide bonds. The van der Waals surface area contributed by atoms with Gasteiger partial charge in [-0.15, -0.1) is 0 Å². The molecule has 0 spiro atoms. The van der Waals surface area contributed by atoms with E-state index in [9.17, 15) is 14.7 Å². The minimum Gasteiger partial charge on any atom is -0.480 e. The molecule has 1 aromatic carbocycles. The van der Waals surface area contributed by atoms with Crippen LogP contribution in [0.1, 0.15) is 38.2 Å². The molecule has 1 heterocycles. The van der Waals surface area contributed by atoms with E-state index in [4.69, 9.17) is 0 Å². The lowest BCUT2D eigenvalue weighted by Gasteiger charge is -2.27. The van der Waals surface area contributed by atoms with Crippen LogP contribution >= 0.6 is 0 Å². The summed E-state index contributed by atoms with van der Waals surface area (Å²) in [6.07, 6.45) is 1.12. The van der Waals surface area contributed by atoms with Gasteiger partial charge in [0, 0.05) is 12.2 Å². The second kappa shape index (κ2) is 6.61. The number of carbonyl (C=O) groups is 2. The van der Waals surface area contributed by atoms with Crippen molar-refractivity contribution in [3.63, 3.8) is 0 Å². The van der Waals surface area contributed by atoms with Gasteiger partial charge in [-0.25, -0.2) is 4.79 Å². The SMILES string of the molecule is CC(C)C[C@H](NC(=O)C1CCNc2ccccc21)C(=O)O. The molecule has 114 valence electrons. The van der Waals surface area contributed by atoms with Crippen LogP contribution in [-0.2, 0) is 9.59 Å². The standard InChI is InChI=1S/C16H22N2O3/c1-10(2)9-14(16(20)21)18-15(19)12-7-8-17-13-6-4-3-5-11(12)13/h3-6,10,12,14,17H,7-9H2,1-2H3,(H,18,19)(H,20,21)/t12?,14-/m0/s1. The lowest BCUT2D eigenvalue weighted by Crippen LogP contribution is -2.44. The lowest BCUT2D eigenvalue weighted by atomic mass is 9.89.